The molecule has 0 unspecified atom stereocenters. The fourth-order valence-corrected chi connectivity index (χ4v) is 13.1. The third kappa shape index (κ3) is 23.4. The van der Waals surface area contributed by atoms with E-state index in [9.17, 15) is 19.2 Å². The Labute approximate surface area is 253 Å². The first-order valence-corrected chi connectivity index (χ1v) is 22.3. The molecule has 0 aliphatic carbocycles. The van der Waals surface area contributed by atoms with Gasteiger partial charge in [-0.2, -0.15) is 0 Å². The van der Waals surface area contributed by atoms with Crippen LogP contribution in [0.1, 0.15) is 130 Å². The Morgan fingerprint density at radius 2 is 0.756 bits per heavy atom. The number of hydrogen-bond acceptors (Lipinski definition) is 8. The molecule has 0 fully saturated rings. The van der Waals surface area contributed by atoms with E-state index >= 15 is 0 Å². The monoisotopic (exact) mass is 688 g/mol. The van der Waals surface area contributed by atoms with Crippen LogP contribution in [0, 0.1) is 0 Å². The molecule has 0 spiro atoms. The number of carbonyl (C=O) groups excluding carboxylic acids is 4. The fraction of sp³-hybridized carbons (Fsp3) is 0.750. The summed E-state index contributed by atoms with van der Waals surface area (Å²) in [4.78, 5) is 49.7. The Morgan fingerprint density at radius 3 is 1.12 bits per heavy atom. The summed E-state index contributed by atoms with van der Waals surface area (Å²) in [6, 6.07) is 0. The minimum absolute atomic E-state index is 0.290. The Balaban J connectivity index is 5.63. The second-order valence-electron chi connectivity index (χ2n) is 10.5. The molecule has 0 aliphatic heterocycles. The quantitative estimate of drug-likeness (QED) is 0.0390. The zero-order valence-electron chi connectivity index (χ0n) is 26.2. The summed E-state index contributed by atoms with van der Waals surface area (Å²) in [5.41, 5.74) is 0. The average molecular weight is 688 g/mol. The van der Waals surface area contributed by atoms with Crippen molar-refractivity contribution in [2.45, 2.75) is 139 Å². The van der Waals surface area contributed by atoms with Crippen LogP contribution in [0.5, 0.6) is 0 Å². The van der Waals surface area contributed by atoms with Crippen LogP contribution < -0.4 is 0 Å². The zero-order valence-corrected chi connectivity index (χ0v) is 29.1. The van der Waals surface area contributed by atoms with Gasteiger partial charge in [0.1, 0.15) is 0 Å². The van der Waals surface area contributed by atoms with Crippen molar-refractivity contribution in [2.75, 3.05) is 13.2 Å². The van der Waals surface area contributed by atoms with Crippen molar-refractivity contribution in [2.24, 2.45) is 0 Å². The van der Waals surface area contributed by atoms with Gasteiger partial charge in [-0.15, -0.1) is 0 Å². The SMILES string of the molecule is CCCCCCC[CH2][Sn]([CH2]CCCCCCC)([O]C(=O)/C=C/C(=O)OCCCC)[O]C(=O)/C=C/C(=O)OCCCC. The van der Waals surface area contributed by atoms with E-state index in [4.69, 9.17) is 15.6 Å². The topological polar surface area (TPSA) is 105 Å². The molecule has 0 aromatic carbocycles. The molecular weight excluding hydrogens is 631 g/mol. The van der Waals surface area contributed by atoms with Gasteiger partial charge in [-0.3, -0.25) is 0 Å². The first kappa shape index (κ1) is 39.2. The van der Waals surface area contributed by atoms with E-state index in [1.54, 1.807) is 0 Å². The number of carbonyl (C=O) groups is 4. The number of hydrogen-bond donors (Lipinski definition) is 0. The summed E-state index contributed by atoms with van der Waals surface area (Å²) in [5, 5.41) is 0. The number of rotatable bonds is 26. The summed E-state index contributed by atoms with van der Waals surface area (Å²) in [7, 11) is 0. The third-order valence-corrected chi connectivity index (χ3v) is 16.2. The van der Waals surface area contributed by atoms with Gasteiger partial charge in [-0.05, 0) is 0 Å². The standard InChI is InChI=1S/2C8H12O4.2C8H17.Sn/c2*1-2-3-6-12-8(11)5-4-7(9)10;2*1-3-5-7-8-6-4-2;/h2*4-5H,2-3,6H2,1H3,(H,9,10);2*1,3-8H2,2H3;/q;;;;+2/p-2/b2*5-4+;;;. The molecule has 236 valence electrons. The molecule has 0 atom stereocenters. The van der Waals surface area contributed by atoms with E-state index < -0.39 is 43.1 Å². The van der Waals surface area contributed by atoms with E-state index in [0.717, 1.165) is 114 Å². The molecule has 0 bridgehead atoms. The Morgan fingerprint density at radius 1 is 0.439 bits per heavy atom. The van der Waals surface area contributed by atoms with Crippen molar-refractivity contribution in [3.05, 3.63) is 24.3 Å². The van der Waals surface area contributed by atoms with Gasteiger partial charge < -0.3 is 0 Å². The molecule has 0 aromatic heterocycles. The first-order chi connectivity index (χ1) is 19.8. The average Bonchev–Trinajstić information content (AvgIpc) is 2.95. The molecule has 0 N–H and O–H groups in total. The summed E-state index contributed by atoms with van der Waals surface area (Å²) in [6.07, 6.45) is 20.1. The Kier molecular flexibility index (Phi) is 25.8. The van der Waals surface area contributed by atoms with Crippen LogP contribution in [0.15, 0.2) is 24.3 Å². The van der Waals surface area contributed by atoms with E-state index in [0.29, 0.717) is 22.1 Å². The maximum absolute atomic E-state index is 12.9. The van der Waals surface area contributed by atoms with Crippen LogP contribution >= 0.6 is 0 Å². The van der Waals surface area contributed by atoms with Crippen molar-refractivity contribution in [1.82, 2.24) is 0 Å². The van der Waals surface area contributed by atoms with Gasteiger partial charge in [0, 0.05) is 0 Å². The molecule has 0 aromatic rings. The molecule has 0 heterocycles. The predicted octanol–water partition coefficient (Wildman–Crippen LogP) is 8.04. The van der Waals surface area contributed by atoms with Crippen LogP contribution in [0.25, 0.3) is 0 Å². The van der Waals surface area contributed by atoms with Crippen molar-refractivity contribution in [1.29, 1.82) is 0 Å². The summed E-state index contributed by atoms with van der Waals surface area (Å²) in [6.45, 7) is 8.90. The van der Waals surface area contributed by atoms with Crippen LogP contribution in [0.3, 0.4) is 0 Å². The summed E-state index contributed by atoms with van der Waals surface area (Å²) >= 11 is -4.33. The minimum atomic E-state index is -4.33. The molecule has 41 heavy (non-hydrogen) atoms. The van der Waals surface area contributed by atoms with Crippen LogP contribution in [-0.4, -0.2) is 56.3 Å². The molecule has 0 radical (unpaired) electrons. The predicted molar refractivity (Wildman–Crippen MR) is 164 cm³/mol. The van der Waals surface area contributed by atoms with E-state index in [1.807, 2.05) is 13.8 Å². The molecule has 0 rings (SSSR count). The molecular formula is C32H56O8Sn. The first-order valence-electron chi connectivity index (χ1n) is 16.0. The van der Waals surface area contributed by atoms with Crippen molar-refractivity contribution in [3.63, 3.8) is 0 Å². The number of unbranched alkanes of at least 4 members (excludes halogenated alkanes) is 12. The van der Waals surface area contributed by atoms with Crippen molar-refractivity contribution in [3.8, 4) is 0 Å². The Hall–Kier alpha value is -1.84. The normalized spacial score (nSPS) is 11.6. The fourth-order valence-electron chi connectivity index (χ4n) is 4.14. The van der Waals surface area contributed by atoms with Gasteiger partial charge >= 0.3 is 255 Å². The van der Waals surface area contributed by atoms with Crippen LogP contribution in [0.4, 0.5) is 0 Å². The third-order valence-electron chi connectivity index (χ3n) is 6.59. The van der Waals surface area contributed by atoms with Crippen LogP contribution in [-0.2, 0) is 34.8 Å². The molecule has 0 aliphatic rings. The van der Waals surface area contributed by atoms with Gasteiger partial charge in [0.2, 0.25) is 0 Å². The molecule has 8 nitrogen and oxygen atoms in total. The molecule has 0 saturated heterocycles. The van der Waals surface area contributed by atoms with E-state index in [2.05, 4.69) is 13.8 Å². The van der Waals surface area contributed by atoms with Crippen LogP contribution in [0.2, 0.25) is 8.87 Å². The van der Waals surface area contributed by atoms with E-state index in [1.165, 1.54) is 12.8 Å². The second-order valence-corrected chi connectivity index (χ2v) is 19.7. The van der Waals surface area contributed by atoms with Crippen molar-refractivity contribution < 1.29 is 34.8 Å². The number of ether oxygens (including phenoxy) is 2. The molecule has 0 amide bonds. The summed E-state index contributed by atoms with van der Waals surface area (Å²) in [5.74, 6) is -2.60. The number of esters is 2. The second kappa shape index (κ2) is 27.0. The molecule has 0 saturated carbocycles. The van der Waals surface area contributed by atoms with Gasteiger partial charge in [0.15, 0.2) is 0 Å². The van der Waals surface area contributed by atoms with E-state index in [-0.39, 0.29) is 0 Å². The zero-order chi connectivity index (χ0) is 30.6. The molecule has 9 heteroatoms. The maximum atomic E-state index is 12.9. The van der Waals surface area contributed by atoms with Gasteiger partial charge in [0.25, 0.3) is 0 Å². The van der Waals surface area contributed by atoms with Crippen molar-refractivity contribution >= 4 is 43.1 Å². The Bertz CT molecular complexity index is 714. The van der Waals surface area contributed by atoms with Gasteiger partial charge in [-0.25, -0.2) is 0 Å². The van der Waals surface area contributed by atoms with Gasteiger partial charge in [-0.1, -0.05) is 0 Å². The van der Waals surface area contributed by atoms with Gasteiger partial charge in [0.05, 0.1) is 0 Å². The summed E-state index contributed by atoms with van der Waals surface area (Å²) < 4.78 is 23.3.